The molecule has 4 rings (SSSR count). The van der Waals surface area contributed by atoms with Gasteiger partial charge in [-0.15, -0.1) is 11.3 Å². The van der Waals surface area contributed by atoms with E-state index < -0.39 is 0 Å². The SMILES string of the molecule is Cc1sc(-c2ccnc(OCCN3CCC3)c2)nc1C(C)Sc1nc(N)cc(N)n1. The van der Waals surface area contributed by atoms with Gasteiger partial charge in [-0.3, -0.25) is 4.90 Å². The number of thiazole rings is 1. The zero-order valence-electron chi connectivity index (χ0n) is 17.0. The van der Waals surface area contributed by atoms with Crippen LogP contribution in [0.1, 0.15) is 29.2 Å². The van der Waals surface area contributed by atoms with Gasteiger partial charge in [-0.25, -0.2) is 19.9 Å². The number of hydrogen-bond donors (Lipinski definition) is 2. The van der Waals surface area contributed by atoms with Crippen LogP contribution in [0.15, 0.2) is 29.6 Å². The lowest BCUT2D eigenvalue weighted by Gasteiger charge is -2.30. The predicted octanol–water partition coefficient (Wildman–Crippen LogP) is 3.41. The molecule has 4 heterocycles. The molecule has 1 aliphatic rings. The average Bonchev–Trinajstić information content (AvgIpc) is 3.05. The zero-order chi connectivity index (χ0) is 21.1. The van der Waals surface area contributed by atoms with Crippen molar-refractivity contribution in [2.45, 2.75) is 30.7 Å². The largest absolute Gasteiger partial charge is 0.476 e. The summed E-state index contributed by atoms with van der Waals surface area (Å²) in [6, 6.07) is 5.47. The van der Waals surface area contributed by atoms with Crippen LogP contribution in [0.5, 0.6) is 5.88 Å². The Balaban J connectivity index is 1.45. The number of thioether (sulfide) groups is 1. The van der Waals surface area contributed by atoms with E-state index in [1.165, 1.54) is 31.3 Å². The molecular weight excluding hydrogens is 418 g/mol. The summed E-state index contributed by atoms with van der Waals surface area (Å²) in [7, 11) is 0. The molecule has 0 saturated carbocycles. The third kappa shape index (κ3) is 5.00. The second-order valence-electron chi connectivity index (χ2n) is 7.15. The molecule has 8 nitrogen and oxygen atoms in total. The van der Waals surface area contributed by atoms with E-state index in [4.69, 9.17) is 21.2 Å². The van der Waals surface area contributed by atoms with Crippen molar-refractivity contribution in [3.63, 3.8) is 0 Å². The number of rotatable bonds is 8. The van der Waals surface area contributed by atoms with Crippen molar-refractivity contribution >= 4 is 34.7 Å². The highest BCUT2D eigenvalue weighted by atomic mass is 32.2. The number of aromatic nitrogens is 4. The quantitative estimate of drug-likeness (QED) is 0.399. The van der Waals surface area contributed by atoms with Crippen molar-refractivity contribution in [1.82, 2.24) is 24.8 Å². The number of nitrogens with zero attached hydrogens (tertiary/aromatic N) is 5. The molecule has 1 unspecified atom stereocenters. The summed E-state index contributed by atoms with van der Waals surface area (Å²) in [5, 5.41) is 1.55. The van der Waals surface area contributed by atoms with Gasteiger partial charge in [-0.2, -0.15) is 0 Å². The Bertz CT molecular complexity index is 1000. The molecule has 10 heteroatoms. The third-order valence-electron chi connectivity index (χ3n) is 4.83. The first-order chi connectivity index (χ1) is 14.5. The molecule has 1 fully saturated rings. The van der Waals surface area contributed by atoms with E-state index >= 15 is 0 Å². The first-order valence-corrected chi connectivity index (χ1v) is 11.5. The van der Waals surface area contributed by atoms with Crippen LogP contribution in [0, 0.1) is 6.92 Å². The highest BCUT2D eigenvalue weighted by molar-refractivity contribution is 7.99. The minimum Gasteiger partial charge on any atom is -0.476 e. The number of likely N-dealkylation sites (tertiary alicyclic amines) is 1. The Morgan fingerprint density at radius 2 is 1.97 bits per heavy atom. The Hall–Kier alpha value is -2.43. The number of nitrogens with two attached hydrogens (primary N) is 2. The van der Waals surface area contributed by atoms with E-state index in [1.807, 2.05) is 12.1 Å². The van der Waals surface area contributed by atoms with Crippen LogP contribution in [0.3, 0.4) is 0 Å². The topological polar surface area (TPSA) is 116 Å². The van der Waals surface area contributed by atoms with Gasteiger partial charge in [-0.05, 0) is 39.4 Å². The second-order valence-corrected chi connectivity index (χ2v) is 9.66. The van der Waals surface area contributed by atoms with Crippen LogP contribution in [0.2, 0.25) is 0 Å². The molecule has 0 aromatic carbocycles. The Morgan fingerprint density at radius 3 is 2.67 bits per heavy atom. The van der Waals surface area contributed by atoms with Crippen molar-refractivity contribution in [1.29, 1.82) is 0 Å². The maximum Gasteiger partial charge on any atom is 0.213 e. The summed E-state index contributed by atoms with van der Waals surface area (Å²) < 4.78 is 5.84. The standard InChI is InChI=1S/C20H25N7OS2/c1-12-18(13(2)30-20-24-15(21)11-16(22)25-20)26-19(29-12)14-4-5-23-17(10-14)28-9-8-27-6-3-7-27/h4-5,10-11,13H,3,6-9H2,1-2H3,(H4,21,22,24,25). The maximum absolute atomic E-state index is 5.84. The lowest BCUT2D eigenvalue weighted by Crippen LogP contribution is -2.39. The van der Waals surface area contributed by atoms with Gasteiger partial charge in [0.25, 0.3) is 0 Å². The van der Waals surface area contributed by atoms with E-state index in [0.29, 0.717) is 29.3 Å². The van der Waals surface area contributed by atoms with E-state index in [0.717, 1.165) is 27.7 Å². The van der Waals surface area contributed by atoms with Crippen LogP contribution < -0.4 is 16.2 Å². The molecule has 1 aliphatic heterocycles. The minimum absolute atomic E-state index is 0.0604. The van der Waals surface area contributed by atoms with Gasteiger partial charge in [0.15, 0.2) is 5.16 Å². The van der Waals surface area contributed by atoms with Gasteiger partial charge in [0.1, 0.15) is 23.3 Å². The Morgan fingerprint density at radius 1 is 1.20 bits per heavy atom. The number of anilines is 2. The number of ether oxygens (including phenoxy) is 1. The van der Waals surface area contributed by atoms with Crippen LogP contribution in [-0.4, -0.2) is 51.1 Å². The van der Waals surface area contributed by atoms with Gasteiger partial charge in [0.05, 0.1) is 10.9 Å². The fraction of sp³-hybridized carbons (Fsp3) is 0.400. The lowest BCUT2D eigenvalue weighted by molar-refractivity contribution is 0.145. The molecule has 1 atom stereocenters. The van der Waals surface area contributed by atoms with Crippen molar-refractivity contribution < 1.29 is 4.74 Å². The van der Waals surface area contributed by atoms with Crippen molar-refractivity contribution in [2.75, 3.05) is 37.7 Å². The molecule has 0 radical (unpaired) electrons. The number of aryl methyl sites for hydroxylation is 1. The zero-order valence-corrected chi connectivity index (χ0v) is 18.7. The third-order valence-corrected chi connectivity index (χ3v) is 6.84. The molecule has 3 aromatic heterocycles. The summed E-state index contributed by atoms with van der Waals surface area (Å²) in [5.41, 5.74) is 13.6. The summed E-state index contributed by atoms with van der Waals surface area (Å²) in [5.74, 6) is 1.37. The summed E-state index contributed by atoms with van der Waals surface area (Å²) >= 11 is 3.15. The molecular formula is C20H25N7OS2. The normalized spacial score (nSPS) is 15.0. The number of nitrogen functional groups attached to an aromatic ring is 2. The molecule has 30 heavy (non-hydrogen) atoms. The molecule has 0 aliphatic carbocycles. The van der Waals surface area contributed by atoms with E-state index in [9.17, 15) is 0 Å². The molecule has 0 amide bonds. The van der Waals surface area contributed by atoms with Crippen LogP contribution in [-0.2, 0) is 0 Å². The lowest BCUT2D eigenvalue weighted by atomic mass is 10.2. The van der Waals surface area contributed by atoms with Gasteiger partial charge >= 0.3 is 0 Å². The van der Waals surface area contributed by atoms with Gasteiger partial charge in [0, 0.05) is 35.3 Å². The maximum atomic E-state index is 5.84. The van der Waals surface area contributed by atoms with E-state index in [2.05, 4.69) is 33.7 Å². The van der Waals surface area contributed by atoms with Crippen molar-refractivity contribution in [3.05, 3.63) is 35.0 Å². The van der Waals surface area contributed by atoms with Crippen molar-refractivity contribution in [3.8, 4) is 16.5 Å². The number of hydrogen-bond acceptors (Lipinski definition) is 10. The van der Waals surface area contributed by atoms with Crippen LogP contribution in [0.4, 0.5) is 11.6 Å². The molecule has 158 valence electrons. The van der Waals surface area contributed by atoms with E-state index in [1.54, 1.807) is 23.6 Å². The first-order valence-electron chi connectivity index (χ1n) is 9.83. The van der Waals surface area contributed by atoms with Gasteiger partial charge in [-0.1, -0.05) is 11.8 Å². The first kappa shape index (κ1) is 20.8. The average molecular weight is 444 g/mol. The molecule has 0 bridgehead atoms. The predicted molar refractivity (Wildman–Crippen MR) is 122 cm³/mol. The van der Waals surface area contributed by atoms with Crippen LogP contribution >= 0.6 is 23.1 Å². The van der Waals surface area contributed by atoms with E-state index in [-0.39, 0.29) is 5.25 Å². The summed E-state index contributed by atoms with van der Waals surface area (Å²) in [6.45, 7) is 8.08. The second kappa shape index (κ2) is 9.15. The fourth-order valence-corrected chi connectivity index (χ4v) is 5.20. The summed E-state index contributed by atoms with van der Waals surface area (Å²) in [4.78, 5) is 21.2. The summed E-state index contributed by atoms with van der Waals surface area (Å²) in [6.07, 6.45) is 3.06. The van der Waals surface area contributed by atoms with Gasteiger partial charge < -0.3 is 16.2 Å². The monoisotopic (exact) mass is 443 g/mol. The molecule has 3 aromatic rings. The molecule has 0 spiro atoms. The van der Waals surface area contributed by atoms with Gasteiger partial charge in [0.2, 0.25) is 5.88 Å². The Kier molecular flexibility index (Phi) is 6.35. The molecule has 1 saturated heterocycles. The highest BCUT2D eigenvalue weighted by Crippen LogP contribution is 2.38. The highest BCUT2D eigenvalue weighted by Gasteiger charge is 2.19. The minimum atomic E-state index is 0.0604. The number of pyridine rings is 1. The van der Waals surface area contributed by atoms with Crippen molar-refractivity contribution in [2.24, 2.45) is 0 Å². The molecule has 4 N–H and O–H groups in total. The smallest absolute Gasteiger partial charge is 0.213 e. The Labute approximate surface area is 184 Å². The van der Waals surface area contributed by atoms with Crippen LogP contribution in [0.25, 0.3) is 10.6 Å². The fourth-order valence-electron chi connectivity index (χ4n) is 3.14.